The van der Waals surface area contributed by atoms with Crippen LogP contribution in [0.5, 0.6) is 0 Å². The maximum atomic E-state index is 5.42. The quantitative estimate of drug-likeness (QED) is 0.582. The van der Waals surface area contributed by atoms with E-state index in [1.54, 1.807) is 14.2 Å². The van der Waals surface area contributed by atoms with Gasteiger partial charge in [0.2, 0.25) is 5.95 Å². The molecule has 0 aliphatic rings. The highest BCUT2D eigenvalue weighted by molar-refractivity contribution is 5.25. The number of hydrogen-bond donors (Lipinski definition) is 1. The first kappa shape index (κ1) is 15.9. The van der Waals surface area contributed by atoms with E-state index >= 15 is 0 Å². The standard InChI is InChI=1S/C13H25N3O3/c1-17-10-6-15-13-14-5-8-16(13)7-3-4-9-19-12-11-18-2/h5,8H,3-4,6-7,9-12H2,1-2H3,(H,14,15). The average Bonchev–Trinajstić information content (AvgIpc) is 2.86. The number of aryl methyl sites for hydroxylation is 1. The molecule has 1 aromatic rings. The zero-order chi connectivity index (χ0) is 13.8. The smallest absolute Gasteiger partial charge is 0.202 e. The molecule has 6 nitrogen and oxygen atoms in total. The monoisotopic (exact) mass is 271 g/mol. The maximum Gasteiger partial charge on any atom is 0.202 e. The number of unbranched alkanes of at least 4 members (excludes halogenated alkanes) is 1. The molecule has 1 aromatic heterocycles. The second kappa shape index (κ2) is 10.8. The van der Waals surface area contributed by atoms with Crippen molar-refractivity contribution >= 4 is 5.95 Å². The third-order valence-electron chi connectivity index (χ3n) is 2.67. The normalized spacial score (nSPS) is 10.8. The third-order valence-corrected chi connectivity index (χ3v) is 2.67. The van der Waals surface area contributed by atoms with Crippen molar-refractivity contribution in [3.8, 4) is 0 Å². The van der Waals surface area contributed by atoms with Gasteiger partial charge in [-0.05, 0) is 12.8 Å². The van der Waals surface area contributed by atoms with Gasteiger partial charge in [0.1, 0.15) is 0 Å². The van der Waals surface area contributed by atoms with E-state index in [9.17, 15) is 0 Å². The number of ether oxygens (including phenoxy) is 3. The number of nitrogens with zero attached hydrogens (tertiary/aromatic N) is 2. The van der Waals surface area contributed by atoms with Gasteiger partial charge in [-0.3, -0.25) is 0 Å². The number of hydrogen-bond acceptors (Lipinski definition) is 5. The van der Waals surface area contributed by atoms with Gasteiger partial charge in [-0.2, -0.15) is 0 Å². The molecular weight excluding hydrogens is 246 g/mol. The van der Waals surface area contributed by atoms with Crippen LogP contribution in [0.25, 0.3) is 0 Å². The molecule has 0 aliphatic heterocycles. The van der Waals surface area contributed by atoms with E-state index < -0.39 is 0 Å². The second-order valence-corrected chi connectivity index (χ2v) is 4.18. The number of aromatic nitrogens is 2. The van der Waals surface area contributed by atoms with Crippen LogP contribution in [0.1, 0.15) is 12.8 Å². The zero-order valence-electron chi connectivity index (χ0n) is 11.9. The molecule has 0 amide bonds. The Morgan fingerprint density at radius 1 is 1.11 bits per heavy atom. The van der Waals surface area contributed by atoms with E-state index in [1.165, 1.54) is 0 Å². The maximum absolute atomic E-state index is 5.42. The Morgan fingerprint density at radius 2 is 1.95 bits per heavy atom. The number of nitrogens with one attached hydrogen (secondary N) is 1. The molecule has 110 valence electrons. The topological polar surface area (TPSA) is 57.5 Å². The lowest BCUT2D eigenvalue weighted by Crippen LogP contribution is -2.12. The van der Waals surface area contributed by atoms with E-state index in [0.29, 0.717) is 19.8 Å². The SMILES string of the molecule is COCCNc1nccn1CCCCOCCOC. The zero-order valence-corrected chi connectivity index (χ0v) is 11.9. The molecule has 0 bridgehead atoms. The molecule has 0 saturated heterocycles. The molecule has 0 aliphatic carbocycles. The predicted molar refractivity (Wildman–Crippen MR) is 74.5 cm³/mol. The fraction of sp³-hybridized carbons (Fsp3) is 0.769. The van der Waals surface area contributed by atoms with E-state index in [4.69, 9.17) is 14.2 Å². The number of imidazole rings is 1. The van der Waals surface area contributed by atoms with Crippen LogP contribution in [0, 0.1) is 0 Å². The fourth-order valence-corrected chi connectivity index (χ4v) is 1.65. The summed E-state index contributed by atoms with van der Waals surface area (Å²) in [7, 11) is 3.37. The summed E-state index contributed by atoms with van der Waals surface area (Å²) < 4.78 is 17.4. The van der Waals surface area contributed by atoms with Crippen LogP contribution in [0.3, 0.4) is 0 Å². The lowest BCUT2D eigenvalue weighted by atomic mass is 10.3. The molecule has 0 spiro atoms. The summed E-state index contributed by atoms with van der Waals surface area (Å²) in [6.07, 6.45) is 5.91. The Morgan fingerprint density at radius 3 is 2.74 bits per heavy atom. The molecule has 1 heterocycles. The summed E-state index contributed by atoms with van der Waals surface area (Å²) in [6.45, 7) is 4.52. The van der Waals surface area contributed by atoms with Gasteiger partial charge in [0.15, 0.2) is 0 Å². The third kappa shape index (κ3) is 7.15. The minimum atomic E-state index is 0.662. The van der Waals surface area contributed by atoms with Crippen molar-refractivity contribution in [1.29, 1.82) is 0 Å². The molecule has 0 atom stereocenters. The summed E-state index contributed by atoms with van der Waals surface area (Å²) in [5.74, 6) is 0.900. The predicted octanol–water partition coefficient (Wildman–Crippen LogP) is 1.38. The highest BCUT2D eigenvalue weighted by Crippen LogP contribution is 2.06. The van der Waals surface area contributed by atoms with E-state index in [2.05, 4.69) is 14.9 Å². The largest absolute Gasteiger partial charge is 0.383 e. The van der Waals surface area contributed by atoms with Gasteiger partial charge in [0.05, 0.1) is 19.8 Å². The summed E-state index contributed by atoms with van der Waals surface area (Å²) in [4.78, 5) is 4.28. The van der Waals surface area contributed by atoms with E-state index in [1.807, 2.05) is 12.4 Å². The van der Waals surface area contributed by atoms with Gasteiger partial charge in [0, 0.05) is 46.3 Å². The van der Waals surface area contributed by atoms with Crippen LogP contribution in [0.4, 0.5) is 5.95 Å². The van der Waals surface area contributed by atoms with Crippen LogP contribution in [-0.4, -0.2) is 56.7 Å². The Hall–Kier alpha value is -1.11. The Kier molecular flexibility index (Phi) is 9.05. The molecule has 6 heteroatoms. The number of rotatable bonds is 12. The Bertz CT molecular complexity index is 318. The van der Waals surface area contributed by atoms with Crippen LogP contribution in [0.2, 0.25) is 0 Å². The van der Waals surface area contributed by atoms with Crippen molar-refractivity contribution in [3.63, 3.8) is 0 Å². The molecule has 0 unspecified atom stereocenters. The van der Waals surface area contributed by atoms with Gasteiger partial charge in [-0.15, -0.1) is 0 Å². The van der Waals surface area contributed by atoms with Crippen molar-refractivity contribution in [2.45, 2.75) is 19.4 Å². The average molecular weight is 271 g/mol. The van der Waals surface area contributed by atoms with Crippen molar-refractivity contribution in [1.82, 2.24) is 9.55 Å². The molecule has 0 fully saturated rings. The molecule has 0 radical (unpaired) electrons. The minimum absolute atomic E-state index is 0.662. The summed E-state index contributed by atoms with van der Waals surface area (Å²) >= 11 is 0. The first-order chi connectivity index (χ1) is 9.38. The first-order valence-electron chi connectivity index (χ1n) is 6.69. The van der Waals surface area contributed by atoms with Crippen LogP contribution >= 0.6 is 0 Å². The molecule has 0 saturated carbocycles. The summed E-state index contributed by atoms with van der Waals surface area (Å²) in [6, 6.07) is 0. The van der Waals surface area contributed by atoms with E-state index in [0.717, 1.165) is 38.5 Å². The van der Waals surface area contributed by atoms with Crippen molar-refractivity contribution in [2.75, 3.05) is 52.5 Å². The lowest BCUT2D eigenvalue weighted by Gasteiger charge is -2.09. The highest BCUT2D eigenvalue weighted by atomic mass is 16.5. The van der Waals surface area contributed by atoms with E-state index in [-0.39, 0.29) is 0 Å². The highest BCUT2D eigenvalue weighted by Gasteiger charge is 2.01. The van der Waals surface area contributed by atoms with Crippen molar-refractivity contribution in [3.05, 3.63) is 12.4 Å². The van der Waals surface area contributed by atoms with Gasteiger partial charge in [-0.25, -0.2) is 4.98 Å². The van der Waals surface area contributed by atoms with Crippen LogP contribution < -0.4 is 5.32 Å². The first-order valence-corrected chi connectivity index (χ1v) is 6.69. The molecule has 0 aromatic carbocycles. The summed E-state index contributed by atoms with van der Waals surface area (Å²) in [5, 5.41) is 3.24. The van der Waals surface area contributed by atoms with Crippen LogP contribution in [-0.2, 0) is 20.8 Å². The van der Waals surface area contributed by atoms with Crippen molar-refractivity contribution < 1.29 is 14.2 Å². The lowest BCUT2D eigenvalue weighted by molar-refractivity contribution is 0.0684. The number of methoxy groups -OCH3 is 2. The molecule has 19 heavy (non-hydrogen) atoms. The van der Waals surface area contributed by atoms with Gasteiger partial charge < -0.3 is 24.1 Å². The molecular formula is C13H25N3O3. The van der Waals surface area contributed by atoms with Crippen molar-refractivity contribution in [2.24, 2.45) is 0 Å². The van der Waals surface area contributed by atoms with Gasteiger partial charge in [0.25, 0.3) is 0 Å². The summed E-state index contributed by atoms with van der Waals surface area (Å²) in [5.41, 5.74) is 0. The molecule has 1 rings (SSSR count). The number of anilines is 1. The Labute approximate surface area is 115 Å². The molecule has 1 N–H and O–H groups in total. The van der Waals surface area contributed by atoms with Crippen LogP contribution in [0.15, 0.2) is 12.4 Å². The fourth-order valence-electron chi connectivity index (χ4n) is 1.65. The second-order valence-electron chi connectivity index (χ2n) is 4.18. The minimum Gasteiger partial charge on any atom is -0.383 e. The van der Waals surface area contributed by atoms with Gasteiger partial charge >= 0.3 is 0 Å². The van der Waals surface area contributed by atoms with Gasteiger partial charge in [-0.1, -0.05) is 0 Å². The Balaban J connectivity index is 2.10.